The standard InChI is InChI=1S/C11H18N3O/c1-2-9-15-10-3-5-13-7-8-14(11-13)6-4-12/h7-8,11H,2-3,5-6,9-10H2,1H3/q+1. The lowest BCUT2D eigenvalue weighted by atomic mass is 10.4. The third-order valence-corrected chi connectivity index (χ3v) is 2.05. The van der Waals surface area contributed by atoms with Gasteiger partial charge in [0.15, 0.2) is 6.54 Å². The van der Waals surface area contributed by atoms with E-state index in [1.54, 1.807) is 0 Å². The SMILES string of the molecule is CCCOCCC[n+]1ccn(CC#N)c1. The normalized spacial score (nSPS) is 10.1. The molecule has 0 aromatic carbocycles. The molecule has 4 nitrogen and oxygen atoms in total. The third kappa shape index (κ3) is 4.61. The van der Waals surface area contributed by atoms with Crippen molar-refractivity contribution in [3.63, 3.8) is 0 Å². The summed E-state index contributed by atoms with van der Waals surface area (Å²) in [7, 11) is 0. The highest BCUT2D eigenvalue weighted by Gasteiger charge is 2.01. The molecule has 0 atom stereocenters. The second-order valence-electron chi connectivity index (χ2n) is 3.45. The van der Waals surface area contributed by atoms with Crippen molar-refractivity contribution < 1.29 is 9.30 Å². The van der Waals surface area contributed by atoms with Gasteiger partial charge in [0.1, 0.15) is 18.5 Å². The van der Waals surface area contributed by atoms with Gasteiger partial charge in [-0.25, -0.2) is 9.13 Å². The van der Waals surface area contributed by atoms with Crippen molar-refractivity contribution in [3.05, 3.63) is 18.7 Å². The van der Waals surface area contributed by atoms with Crippen molar-refractivity contribution >= 4 is 0 Å². The van der Waals surface area contributed by atoms with Gasteiger partial charge in [-0.1, -0.05) is 6.92 Å². The first kappa shape index (κ1) is 11.7. The molecule has 1 aromatic heterocycles. The lowest BCUT2D eigenvalue weighted by molar-refractivity contribution is -0.697. The quantitative estimate of drug-likeness (QED) is 0.497. The predicted molar refractivity (Wildman–Crippen MR) is 56.0 cm³/mol. The van der Waals surface area contributed by atoms with E-state index in [2.05, 4.69) is 17.6 Å². The molecular formula is C11H18N3O+. The topological polar surface area (TPSA) is 41.8 Å². The number of nitrogens with zero attached hydrogens (tertiary/aromatic N) is 3. The lowest BCUT2D eigenvalue weighted by Crippen LogP contribution is -2.31. The Hall–Kier alpha value is -1.34. The molecule has 0 aliphatic carbocycles. The Morgan fingerprint density at radius 3 is 3.07 bits per heavy atom. The first-order chi connectivity index (χ1) is 7.36. The number of imidazole rings is 1. The van der Waals surface area contributed by atoms with Crippen LogP contribution in [0, 0.1) is 11.3 Å². The second-order valence-corrected chi connectivity index (χ2v) is 3.45. The summed E-state index contributed by atoms with van der Waals surface area (Å²) in [6, 6.07) is 2.11. The van der Waals surface area contributed by atoms with Crippen LogP contribution in [0.1, 0.15) is 19.8 Å². The van der Waals surface area contributed by atoms with E-state index in [0.717, 1.165) is 32.6 Å². The Bertz CT molecular complexity index is 314. The number of nitriles is 1. The average molecular weight is 208 g/mol. The number of ether oxygens (including phenoxy) is 1. The van der Waals surface area contributed by atoms with Gasteiger partial charge >= 0.3 is 0 Å². The summed E-state index contributed by atoms with van der Waals surface area (Å²) in [6.45, 7) is 5.13. The highest BCUT2D eigenvalue weighted by atomic mass is 16.5. The Balaban J connectivity index is 2.17. The monoisotopic (exact) mass is 208 g/mol. The van der Waals surface area contributed by atoms with Crippen LogP contribution in [-0.4, -0.2) is 17.8 Å². The van der Waals surface area contributed by atoms with E-state index in [9.17, 15) is 0 Å². The molecule has 0 aliphatic heterocycles. The summed E-state index contributed by atoms with van der Waals surface area (Å²) in [5.41, 5.74) is 0. The third-order valence-electron chi connectivity index (χ3n) is 2.05. The minimum Gasteiger partial charge on any atom is -0.381 e. The lowest BCUT2D eigenvalue weighted by Gasteiger charge is -1.99. The van der Waals surface area contributed by atoms with E-state index in [1.807, 2.05) is 23.3 Å². The molecule has 0 saturated carbocycles. The number of hydrogen-bond donors (Lipinski definition) is 0. The highest BCUT2D eigenvalue weighted by molar-refractivity contribution is 4.75. The van der Waals surface area contributed by atoms with Gasteiger partial charge in [-0.3, -0.25) is 0 Å². The minimum absolute atomic E-state index is 0.416. The summed E-state index contributed by atoms with van der Waals surface area (Å²) >= 11 is 0. The molecule has 82 valence electrons. The van der Waals surface area contributed by atoms with Crippen LogP contribution in [0.25, 0.3) is 0 Å². The van der Waals surface area contributed by atoms with Gasteiger partial charge in [-0.2, -0.15) is 5.26 Å². The van der Waals surface area contributed by atoms with E-state index >= 15 is 0 Å². The molecule has 0 fully saturated rings. The van der Waals surface area contributed by atoms with Crippen molar-refractivity contribution in [1.29, 1.82) is 5.26 Å². The van der Waals surface area contributed by atoms with Crippen molar-refractivity contribution in [2.24, 2.45) is 0 Å². The van der Waals surface area contributed by atoms with E-state index in [-0.39, 0.29) is 0 Å². The van der Waals surface area contributed by atoms with Crippen LogP contribution in [0.15, 0.2) is 18.7 Å². The molecular weight excluding hydrogens is 190 g/mol. The second kappa shape index (κ2) is 7.02. The van der Waals surface area contributed by atoms with Crippen LogP contribution in [-0.2, 0) is 17.8 Å². The predicted octanol–water partition coefficient (Wildman–Crippen LogP) is 1.12. The van der Waals surface area contributed by atoms with Crippen LogP contribution >= 0.6 is 0 Å². The first-order valence-corrected chi connectivity index (χ1v) is 5.36. The first-order valence-electron chi connectivity index (χ1n) is 5.36. The average Bonchev–Trinajstić information content (AvgIpc) is 2.66. The molecule has 0 unspecified atom stereocenters. The van der Waals surface area contributed by atoms with Gasteiger partial charge in [0, 0.05) is 13.0 Å². The number of rotatable bonds is 7. The van der Waals surface area contributed by atoms with Crippen LogP contribution in [0.5, 0.6) is 0 Å². The van der Waals surface area contributed by atoms with Crippen molar-refractivity contribution in [3.8, 4) is 6.07 Å². The summed E-state index contributed by atoms with van der Waals surface area (Å²) in [5, 5.41) is 8.50. The Morgan fingerprint density at radius 1 is 1.47 bits per heavy atom. The molecule has 1 rings (SSSR count). The summed E-state index contributed by atoms with van der Waals surface area (Å²) in [6.07, 6.45) is 7.93. The van der Waals surface area contributed by atoms with E-state index in [1.165, 1.54) is 0 Å². The highest BCUT2D eigenvalue weighted by Crippen LogP contribution is 1.88. The smallest absolute Gasteiger partial charge is 0.244 e. The molecule has 0 amide bonds. The zero-order valence-corrected chi connectivity index (χ0v) is 9.22. The fourth-order valence-corrected chi connectivity index (χ4v) is 1.34. The maximum absolute atomic E-state index is 8.50. The van der Waals surface area contributed by atoms with Crippen molar-refractivity contribution in [2.45, 2.75) is 32.9 Å². The van der Waals surface area contributed by atoms with Crippen LogP contribution in [0.2, 0.25) is 0 Å². The molecule has 1 aromatic rings. The fourth-order valence-electron chi connectivity index (χ4n) is 1.34. The van der Waals surface area contributed by atoms with Gasteiger partial charge in [-0.15, -0.1) is 0 Å². The van der Waals surface area contributed by atoms with E-state index < -0.39 is 0 Å². The summed E-state index contributed by atoms with van der Waals surface area (Å²) < 4.78 is 9.33. The zero-order valence-electron chi connectivity index (χ0n) is 9.22. The zero-order chi connectivity index (χ0) is 10.9. The molecule has 0 saturated heterocycles. The van der Waals surface area contributed by atoms with E-state index in [4.69, 9.17) is 10.00 Å². The Kier molecular flexibility index (Phi) is 5.49. The van der Waals surface area contributed by atoms with Gasteiger partial charge in [0.05, 0.1) is 13.2 Å². The molecule has 1 heterocycles. The van der Waals surface area contributed by atoms with Gasteiger partial charge in [0.25, 0.3) is 0 Å². The van der Waals surface area contributed by atoms with Crippen LogP contribution in [0.4, 0.5) is 0 Å². The minimum atomic E-state index is 0.416. The van der Waals surface area contributed by atoms with Crippen molar-refractivity contribution in [1.82, 2.24) is 4.57 Å². The Morgan fingerprint density at radius 2 is 2.33 bits per heavy atom. The molecule has 4 heteroatoms. The van der Waals surface area contributed by atoms with Gasteiger partial charge in [-0.05, 0) is 6.42 Å². The molecule has 0 aliphatic rings. The maximum Gasteiger partial charge on any atom is 0.244 e. The molecule has 0 bridgehead atoms. The summed E-state index contributed by atoms with van der Waals surface area (Å²) in [4.78, 5) is 0. The van der Waals surface area contributed by atoms with E-state index in [0.29, 0.717) is 6.54 Å². The molecule has 15 heavy (non-hydrogen) atoms. The molecule has 0 spiro atoms. The maximum atomic E-state index is 8.50. The largest absolute Gasteiger partial charge is 0.381 e. The Labute approximate surface area is 90.7 Å². The number of hydrogen-bond acceptors (Lipinski definition) is 2. The van der Waals surface area contributed by atoms with Gasteiger partial charge < -0.3 is 4.74 Å². The fraction of sp³-hybridized carbons (Fsp3) is 0.636. The molecule has 0 N–H and O–H groups in total. The van der Waals surface area contributed by atoms with Crippen LogP contribution < -0.4 is 4.57 Å². The van der Waals surface area contributed by atoms with Crippen molar-refractivity contribution in [2.75, 3.05) is 13.2 Å². The molecule has 0 radical (unpaired) electrons. The number of aryl methyl sites for hydroxylation is 1. The van der Waals surface area contributed by atoms with Crippen LogP contribution in [0.3, 0.4) is 0 Å². The summed E-state index contributed by atoms with van der Waals surface area (Å²) in [5.74, 6) is 0. The van der Waals surface area contributed by atoms with Gasteiger partial charge in [0.2, 0.25) is 6.33 Å². The number of aromatic nitrogens is 2.